The monoisotopic (exact) mass is 405 g/mol. The Morgan fingerprint density at radius 3 is 2.57 bits per heavy atom. The Hall–Kier alpha value is -2.91. The number of fused-ring (bicyclic) bond motifs is 1. The minimum atomic E-state index is -0.151. The van der Waals surface area contributed by atoms with E-state index in [1.165, 1.54) is 42.0 Å². The van der Waals surface area contributed by atoms with Gasteiger partial charge in [-0.25, -0.2) is 9.50 Å². The molecule has 0 atom stereocenters. The molecule has 0 amide bonds. The largest absolute Gasteiger partial charge is 0.302 e. The van der Waals surface area contributed by atoms with Gasteiger partial charge in [-0.1, -0.05) is 64.3 Å². The summed E-state index contributed by atoms with van der Waals surface area (Å²) >= 11 is 0. The van der Waals surface area contributed by atoms with E-state index in [0.717, 1.165) is 18.7 Å². The zero-order chi connectivity index (χ0) is 21.7. The second-order valence-corrected chi connectivity index (χ2v) is 8.29. The highest BCUT2D eigenvalue weighted by atomic mass is 16.1. The smallest absolute Gasteiger partial charge is 0.276 e. The summed E-state index contributed by atoms with van der Waals surface area (Å²) in [4.78, 5) is 20.1. The van der Waals surface area contributed by atoms with Gasteiger partial charge in [-0.05, 0) is 31.5 Å². The number of benzene rings is 1. The lowest BCUT2D eigenvalue weighted by Crippen LogP contribution is -2.22. The molecule has 0 unspecified atom stereocenters. The fraction of sp³-hybridized carbons (Fsp3) is 0.458. The molecule has 0 radical (unpaired) electrons. The van der Waals surface area contributed by atoms with Crippen molar-refractivity contribution in [2.75, 3.05) is 13.6 Å². The second-order valence-electron chi connectivity index (χ2n) is 8.29. The lowest BCUT2D eigenvalue weighted by Gasteiger charge is -2.17. The van der Waals surface area contributed by atoms with Crippen LogP contribution in [-0.4, -0.2) is 33.1 Å². The van der Waals surface area contributed by atoms with Gasteiger partial charge in [-0.15, -0.1) is 0 Å². The van der Waals surface area contributed by atoms with Gasteiger partial charge in [0.2, 0.25) is 0 Å². The van der Waals surface area contributed by atoms with Crippen molar-refractivity contribution in [3.63, 3.8) is 0 Å². The molecule has 0 fully saturated rings. The summed E-state index contributed by atoms with van der Waals surface area (Å²) in [5.74, 6) is 0.0136. The van der Waals surface area contributed by atoms with Crippen LogP contribution in [0, 0.1) is 11.3 Å². The van der Waals surface area contributed by atoms with E-state index in [2.05, 4.69) is 42.2 Å². The van der Waals surface area contributed by atoms with Gasteiger partial charge >= 0.3 is 0 Å². The molecule has 6 nitrogen and oxygen atoms in total. The summed E-state index contributed by atoms with van der Waals surface area (Å²) in [6, 6.07) is 10.4. The minimum absolute atomic E-state index is 0.0136. The lowest BCUT2D eigenvalue weighted by molar-refractivity contribution is 0.317. The number of aromatic nitrogens is 3. The Kier molecular flexibility index (Phi) is 7.07. The molecule has 6 heteroatoms. The standard InChI is InChI=1S/C24H31N5O/c1-5-6-7-8-13-28(4)16-18-9-11-19(12-10-18)22-21(17(2)3)24(30)29-23(27-22)20(14-25)15-26-29/h9-12,15,17,26H,5-8,13,16H2,1-4H3. The number of rotatable bonds is 9. The molecular formula is C24H31N5O. The quantitative estimate of drug-likeness (QED) is 0.524. The van der Waals surface area contributed by atoms with Crippen molar-refractivity contribution < 1.29 is 0 Å². The molecule has 0 aliphatic carbocycles. The van der Waals surface area contributed by atoms with E-state index in [9.17, 15) is 10.1 Å². The van der Waals surface area contributed by atoms with Crippen molar-refractivity contribution in [3.05, 3.63) is 57.5 Å². The third-order valence-electron chi connectivity index (χ3n) is 5.47. The van der Waals surface area contributed by atoms with Gasteiger partial charge in [0.15, 0.2) is 5.65 Å². The molecule has 0 aliphatic rings. The predicted molar refractivity (Wildman–Crippen MR) is 121 cm³/mol. The maximum absolute atomic E-state index is 13.0. The number of hydrogen-bond donors (Lipinski definition) is 1. The van der Waals surface area contributed by atoms with Gasteiger partial charge < -0.3 is 4.90 Å². The van der Waals surface area contributed by atoms with E-state index in [0.29, 0.717) is 22.5 Å². The van der Waals surface area contributed by atoms with E-state index < -0.39 is 0 Å². The summed E-state index contributed by atoms with van der Waals surface area (Å²) in [6.07, 6.45) is 6.59. The molecule has 2 heterocycles. The van der Waals surface area contributed by atoms with E-state index in [1.54, 1.807) is 0 Å². The van der Waals surface area contributed by atoms with E-state index in [1.807, 2.05) is 26.0 Å². The fourth-order valence-electron chi connectivity index (χ4n) is 3.82. The Bertz CT molecular complexity index is 1090. The van der Waals surface area contributed by atoms with E-state index in [-0.39, 0.29) is 11.5 Å². The first-order chi connectivity index (χ1) is 14.5. The first kappa shape index (κ1) is 21.8. The Morgan fingerprint density at radius 2 is 1.93 bits per heavy atom. The van der Waals surface area contributed by atoms with E-state index in [4.69, 9.17) is 4.98 Å². The number of hydrogen-bond acceptors (Lipinski definition) is 4. The average molecular weight is 406 g/mol. The Morgan fingerprint density at radius 1 is 1.20 bits per heavy atom. The molecule has 3 aromatic rings. The van der Waals surface area contributed by atoms with Crippen molar-refractivity contribution in [3.8, 4) is 17.3 Å². The summed E-state index contributed by atoms with van der Waals surface area (Å²) in [5.41, 5.74) is 4.04. The van der Waals surface area contributed by atoms with Crippen LogP contribution in [0.25, 0.3) is 16.9 Å². The van der Waals surface area contributed by atoms with Crippen molar-refractivity contribution in [1.29, 1.82) is 5.26 Å². The molecule has 0 spiro atoms. The van der Waals surface area contributed by atoms with Crippen LogP contribution in [0.3, 0.4) is 0 Å². The van der Waals surface area contributed by atoms with Crippen LogP contribution in [0.5, 0.6) is 0 Å². The van der Waals surface area contributed by atoms with Crippen LogP contribution in [0.2, 0.25) is 0 Å². The van der Waals surface area contributed by atoms with E-state index >= 15 is 0 Å². The van der Waals surface area contributed by atoms with Crippen molar-refractivity contribution >= 4 is 5.65 Å². The van der Waals surface area contributed by atoms with Gasteiger partial charge in [-0.2, -0.15) is 5.26 Å². The summed E-state index contributed by atoms with van der Waals surface area (Å²) in [5, 5.41) is 12.2. The topological polar surface area (TPSA) is 77.2 Å². The molecule has 158 valence electrons. The first-order valence-electron chi connectivity index (χ1n) is 10.8. The van der Waals surface area contributed by atoms with Crippen LogP contribution < -0.4 is 5.56 Å². The SMILES string of the molecule is CCCCCCN(C)Cc1ccc(-c2nc3c(C#N)c[nH]n3c(=O)c2C(C)C)cc1. The number of nitrogens with one attached hydrogen (secondary N) is 1. The molecule has 0 saturated carbocycles. The minimum Gasteiger partial charge on any atom is -0.302 e. The number of unbranched alkanes of at least 4 members (excludes halogenated alkanes) is 3. The van der Waals surface area contributed by atoms with Crippen molar-refractivity contribution in [1.82, 2.24) is 19.5 Å². The molecule has 3 rings (SSSR count). The molecule has 0 bridgehead atoms. The van der Waals surface area contributed by atoms with Crippen LogP contribution in [0.1, 0.15) is 69.1 Å². The van der Waals surface area contributed by atoms with Gasteiger partial charge in [0.05, 0.1) is 5.69 Å². The number of nitriles is 1. The molecule has 30 heavy (non-hydrogen) atoms. The number of nitrogens with zero attached hydrogens (tertiary/aromatic N) is 4. The molecule has 1 N–H and O–H groups in total. The summed E-state index contributed by atoms with van der Waals surface area (Å²) < 4.78 is 1.36. The Labute approximate surface area is 178 Å². The normalized spacial score (nSPS) is 11.5. The van der Waals surface area contributed by atoms with Crippen molar-refractivity contribution in [2.24, 2.45) is 0 Å². The van der Waals surface area contributed by atoms with Gasteiger partial charge in [0.25, 0.3) is 5.56 Å². The zero-order valence-electron chi connectivity index (χ0n) is 18.4. The highest BCUT2D eigenvalue weighted by Gasteiger charge is 2.19. The van der Waals surface area contributed by atoms with Crippen LogP contribution in [0.4, 0.5) is 0 Å². The van der Waals surface area contributed by atoms with Crippen LogP contribution in [-0.2, 0) is 6.54 Å². The lowest BCUT2D eigenvalue weighted by atomic mass is 9.97. The second kappa shape index (κ2) is 9.73. The third-order valence-corrected chi connectivity index (χ3v) is 5.47. The molecule has 0 aliphatic heterocycles. The van der Waals surface area contributed by atoms with Crippen LogP contribution in [0.15, 0.2) is 35.3 Å². The van der Waals surface area contributed by atoms with Gasteiger partial charge in [-0.3, -0.25) is 9.89 Å². The third kappa shape index (κ3) is 4.63. The first-order valence-corrected chi connectivity index (χ1v) is 10.8. The fourth-order valence-corrected chi connectivity index (χ4v) is 3.82. The van der Waals surface area contributed by atoms with Gasteiger partial charge in [0.1, 0.15) is 11.6 Å². The molecule has 0 saturated heterocycles. The molecule has 1 aromatic carbocycles. The Balaban J connectivity index is 1.88. The molecule has 2 aromatic heterocycles. The predicted octanol–water partition coefficient (Wildman–Crippen LogP) is 4.70. The maximum Gasteiger partial charge on any atom is 0.276 e. The summed E-state index contributed by atoms with van der Waals surface area (Å²) in [7, 11) is 2.16. The number of aromatic amines is 1. The van der Waals surface area contributed by atoms with Gasteiger partial charge in [0, 0.05) is 23.9 Å². The highest BCUT2D eigenvalue weighted by Crippen LogP contribution is 2.26. The summed E-state index contributed by atoms with van der Waals surface area (Å²) in [6.45, 7) is 8.20. The maximum atomic E-state index is 13.0. The zero-order valence-corrected chi connectivity index (χ0v) is 18.4. The molecular weight excluding hydrogens is 374 g/mol. The van der Waals surface area contributed by atoms with Crippen LogP contribution >= 0.6 is 0 Å². The van der Waals surface area contributed by atoms with Crippen molar-refractivity contribution in [2.45, 2.75) is 58.9 Å². The number of H-pyrrole nitrogens is 1. The average Bonchev–Trinajstić information content (AvgIpc) is 3.15. The highest BCUT2D eigenvalue weighted by molar-refractivity contribution is 5.68.